The second-order valence-electron chi connectivity index (χ2n) is 8.14. The Bertz CT molecular complexity index is 2040. The van der Waals surface area contributed by atoms with Crippen LogP contribution in [0.4, 0.5) is 0 Å². The van der Waals surface area contributed by atoms with E-state index < -0.39 is 11.2 Å². The van der Waals surface area contributed by atoms with Gasteiger partial charge in [-0.2, -0.15) is 4.98 Å². The summed E-state index contributed by atoms with van der Waals surface area (Å²) in [5.74, 6) is 0.471. The molecule has 0 saturated carbocycles. The summed E-state index contributed by atoms with van der Waals surface area (Å²) in [4.78, 5) is 47.4. The molecule has 0 N–H and O–H groups in total. The smallest absolute Gasteiger partial charge is 0.332 e. The van der Waals surface area contributed by atoms with E-state index in [-0.39, 0.29) is 22.7 Å². The highest BCUT2D eigenvalue weighted by molar-refractivity contribution is 7.15. The zero-order valence-electron chi connectivity index (χ0n) is 18.9. The summed E-state index contributed by atoms with van der Waals surface area (Å²) in [6.07, 6.45) is 1.79. The summed E-state index contributed by atoms with van der Waals surface area (Å²) < 4.78 is 12.0. The highest BCUT2D eigenvalue weighted by atomic mass is 32.1. The van der Waals surface area contributed by atoms with Gasteiger partial charge in [0.25, 0.3) is 11.1 Å². The van der Waals surface area contributed by atoms with Crippen molar-refractivity contribution >= 4 is 44.6 Å². The number of aryl methyl sites for hydroxylation is 2. The largest absolute Gasteiger partial charge is 0.425 e. The standard InChI is InChI=1S/C24H18N6O4S/c1-27-18-19(28(2)24(33)29(3)21(18)32)26-22(27)34-14-8-6-7-13(11-14)12-17-20(31)30-16-10-5-4-9-15(16)25-23(30)35-17/h4-12H,1-3H3. The Morgan fingerprint density at radius 2 is 1.69 bits per heavy atom. The molecule has 4 aromatic heterocycles. The average Bonchev–Trinajstić information content (AvgIpc) is 3.47. The molecule has 0 saturated heterocycles. The monoisotopic (exact) mass is 486 g/mol. The third-order valence-electron chi connectivity index (χ3n) is 5.94. The molecule has 4 heterocycles. The SMILES string of the molecule is Cn1c(=O)c2c(nc(Oc3cccc(C=c4sc5nc6ccccc6n5c4=O)c3)n2C)n(C)c1=O. The van der Waals surface area contributed by atoms with Gasteiger partial charge in [0.15, 0.2) is 16.1 Å². The van der Waals surface area contributed by atoms with Crippen molar-refractivity contribution in [2.45, 2.75) is 0 Å². The van der Waals surface area contributed by atoms with Gasteiger partial charge in [-0.15, -0.1) is 0 Å². The maximum atomic E-state index is 13.0. The van der Waals surface area contributed by atoms with Crippen LogP contribution in [-0.2, 0) is 21.1 Å². The van der Waals surface area contributed by atoms with E-state index in [0.29, 0.717) is 15.2 Å². The Morgan fingerprint density at radius 3 is 2.51 bits per heavy atom. The first-order chi connectivity index (χ1) is 16.8. The molecule has 0 spiro atoms. The minimum atomic E-state index is -0.466. The Hall–Kier alpha value is -4.51. The van der Waals surface area contributed by atoms with Crippen molar-refractivity contribution in [3.05, 3.63) is 89.8 Å². The molecule has 35 heavy (non-hydrogen) atoms. The Kier molecular flexibility index (Phi) is 4.51. The van der Waals surface area contributed by atoms with Gasteiger partial charge in [-0.05, 0) is 35.9 Å². The quantitative estimate of drug-likeness (QED) is 0.376. The lowest BCUT2D eigenvalue weighted by molar-refractivity contribution is 0.427. The molecule has 0 aliphatic carbocycles. The van der Waals surface area contributed by atoms with E-state index in [0.717, 1.165) is 21.2 Å². The predicted octanol–water partition coefficient (Wildman–Crippen LogP) is 1.53. The van der Waals surface area contributed by atoms with Crippen LogP contribution in [0.3, 0.4) is 0 Å². The molecule has 6 rings (SSSR count). The number of rotatable bonds is 3. The number of aromatic nitrogens is 6. The fourth-order valence-electron chi connectivity index (χ4n) is 4.13. The maximum absolute atomic E-state index is 13.0. The molecule has 174 valence electrons. The molecule has 0 amide bonds. The molecule has 0 atom stereocenters. The van der Waals surface area contributed by atoms with Crippen LogP contribution in [0.2, 0.25) is 0 Å². The molecule has 2 aromatic carbocycles. The molecule has 10 nitrogen and oxygen atoms in total. The van der Waals surface area contributed by atoms with Crippen LogP contribution in [0.15, 0.2) is 62.9 Å². The number of benzene rings is 2. The summed E-state index contributed by atoms with van der Waals surface area (Å²) in [5, 5.41) is 0. The zero-order valence-corrected chi connectivity index (χ0v) is 19.7. The lowest BCUT2D eigenvalue weighted by Gasteiger charge is -2.05. The summed E-state index contributed by atoms with van der Waals surface area (Å²) in [6.45, 7) is 0. The van der Waals surface area contributed by atoms with Crippen molar-refractivity contribution in [3.63, 3.8) is 0 Å². The molecular weight excluding hydrogens is 468 g/mol. The van der Waals surface area contributed by atoms with Gasteiger partial charge in [0, 0.05) is 21.1 Å². The third kappa shape index (κ3) is 3.12. The van der Waals surface area contributed by atoms with Gasteiger partial charge < -0.3 is 4.74 Å². The van der Waals surface area contributed by atoms with E-state index in [4.69, 9.17) is 4.74 Å². The molecule has 0 unspecified atom stereocenters. The fraction of sp³-hybridized carbons (Fsp3) is 0.125. The number of hydrogen-bond donors (Lipinski definition) is 0. The van der Waals surface area contributed by atoms with Gasteiger partial charge >= 0.3 is 11.7 Å². The van der Waals surface area contributed by atoms with Crippen LogP contribution in [0.5, 0.6) is 11.8 Å². The predicted molar refractivity (Wildman–Crippen MR) is 133 cm³/mol. The van der Waals surface area contributed by atoms with Gasteiger partial charge in [-0.3, -0.25) is 23.3 Å². The van der Waals surface area contributed by atoms with Gasteiger partial charge in [-0.1, -0.05) is 35.6 Å². The minimum absolute atomic E-state index is 0.128. The lowest BCUT2D eigenvalue weighted by Crippen LogP contribution is -2.37. The van der Waals surface area contributed by atoms with Gasteiger partial charge in [0.2, 0.25) is 0 Å². The maximum Gasteiger partial charge on any atom is 0.332 e. The number of nitrogens with zero attached hydrogens (tertiary/aromatic N) is 6. The van der Waals surface area contributed by atoms with Crippen molar-refractivity contribution in [2.24, 2.45) is 21.1 Å². The summed E-state index contributed by atoms with van der Waals surface area (Å²) in [6, 6.07) is 14.9. The van der Waals surface area contributed by atoms with Crippen LogP contribution in [-0.4, -0.2) is 28.1 Å². The number of fused-ring (bicyclic) bond motifs is 4. The lowest BCUT2D eigenvalue weighted by atomic mass is 10.2. The van der Waals surface area contributed by atoms with Crippen LogP contribution in [0, 0.1) is 0 Å². The minimum Gasteiger partial charge on any atom is -0.425 e. The molecular formula is C24H18N6O4S. The molecule has 11 heteroatoms. The van der Waals surface area contributed by atoms with Crippen LogP contribution >= 0.6 is 11.3 Å². The molecule has 0 aliphatic rings. The second-order valence-corrected chi connectivity index (χ2v) is 9.15. The second kappa shape index (κ2) is 7.50. The van der Waals surface area contributed by atoms with Gasteiger partial charge in [0.05, 0.1) is 15.6 Å². The number of thiazole rings is 1. The van der Waals surface area contributed by atoms with Crippen molar-refractivity contribution in [1.82, 2.24) is 28.1 Å². The van der Waals surface area contributed by atoms with E-state index in [1.807, 2.05) is 30.3 Å². The van der Waals surface area contributed by atoms with Crippen molar-refractivity contribution in [3.8, 4) is 11.8 Å². The first-order valence-electron chi connectivity index (χ1n) is 10.7. The zero-order chi connectivity index (χ0) is 24.4. The van der Waals surface area contributed by atoms with E-state index >= 15 is 0 Å². The normalized spacial score (nSPS) is 12.4. The fourth-order valence-corrected chi connectivity index (χ4v) is 5.11. The Morgan fingerprint density at radius 1 is 0.886 bits per heavy atom. The average molecular weight is 487 g/mol. The summed E-state index contributed by atoms with van der Waals surface area (Å²) >= 11 is 1.32. The van der Waals surface area contributed by atoms with E-state index in [1.54, 1.807) is 42.8 Å². The first kappa shape index (κ1) is 21.1. The third-order valence-corrected chi connectivity index (χ3v) is 6.91. The first-order valence-corrected chi connectivity index (χ1v) is 11.5. The van der Waals surface area contributed by atoms with Gasteiger partial charge in [0.1, 0.15) is 5.75 Å². The Balaban J connectivity index is 1.42. The number of ether oxygens (including phenoxy) is 1. The highest BCUT2D eigenvalue weighted by Gasteiger charge is 2.18. The summed E-state index contributed by atoms with van der Waals surface area (Å²) in [7, 11) is 4.63. The molecule has 0 bridgehead atoms. The Labute approximate surface area is 200 Å². The van der Waals surface area contributed by atoms with E-state index in [2.05, 4.69) is 9.97 Å². The van der Waals surface area contributed by atoms with E-state index in [9.17, 15) is 14.4 Å². The summed E-state index contributed by atoms with van der Waals surface area (Å²) in [5.41, 5.74) is 1.78. The van der Waals surface area contributed by atoms with E-state index in [1.165, 1.54) is 27.5 Å². The molecule has 0 fully saturated rings. The molecule has 6 aromatic rings. The van der Waals surface area contributed by atoms with Crippen molar-refractivity contribution in [1.29, 1.82) is 0 Å². The van der Waals surface area contributed by atoms with Crippen LogP contribution < -0.4 is 26.1 Å². The highest BCUT2D eigenvalue weighted by Crippen LogP contribution is 2.24. The topological polar surface area (TPSA) is 105 Å². The van der Waals surface area contributed by atoms with Gasteiger partial charge in [-0.25, -0.2) is 14.2 Å². The molecule has 0 radical (unpaired) electrons. The van der Waals surface area contributed by atoms with Crippen molar-refractivity contribution in [2.75, 3.05) is 0 Å². The number of para-hydroxylation sites is 2. The molecule has 0 aliphatic heterocycles. The number of hydrogen-bond acceptors (Lipinski definition) is 7. The van der Waals surface area contributed by atoms with Crippen LogP contribution in [0.1, 0.15) is 5.56 Å². The van der Waals surface area contributed by atoms with Crippen LogP contribution in [0.25, 0.3) is 33.2 Å². The van der Waals surface area contributed by atoms with Crippen molar-refractivity contribution < 1.29 is 4.74 Å². The number of imidazole rings is 2.